The van der Waals surface area contributed by atoms with Crippen LogP contribution in [0.5, 0.6) is 0 Å². The Bertz CT molecular complexity index is 1120. The lowest BCUT2D eigenvalue weighted by molar-refractivity contribution is 1.17. The zero-order valence-corrected chi connectivity index (χ0v) is 15.2. The number of rotatable bonds is 4. The molecule has 0 aliphatic heterocycles. The Morgan fingerprint density at radius 2 is 1.44 bits per heavy atom. The van der Waals surface area contributed by atoms with Crippen LogP contribution in [0.4, 0.5) is 28.7 Å². The summed E-state index contributed by atoms with van der Waals surface area (Å²) in [4.78, 5) is 13.1. The summed E-state index contributed by atoms with van der Waals surface area (Å²) in [5.74, 6) is 1.10. The smallest absolute Gasteiger partial charge is 0.159 e. The van der Waals surface area contributed by atoms with Crippen molar-refractivity contribution in [2.45, 2.75) is 13.8 Å². The van der Waals surface area contributed by atoms with Gasteiger partial charge in [-0.3, -0.25) is 4.98 Å². The van der Waals surface area contributed by atoms with Gasteiger partial charge in [-0.15, -0.1) is 0 Å². The minimum absolute atomic E-state index is 0.450. The van der Waals surface area contributed by atoms with E-state index in [9.17, 15) is 0 Å². The lowest BCUT2D eigenvalue weighted by Crippen LogP contribution is -2.06. The average Bonchev–Trinajstić information content (AvgIpc) is 2.69. The summed E-state index contributed by atoms with van der Waals surface area (Å²) in [7, 11) is 0. The van der Waals surface area contributed by atoms with E-state index in [1.54, 1.807) is 6.20 Å². The fourth-order valence-corrected chi connectivity index (χ4v) is 2.94. The molecule has 0 spiro atoms. The summed E-state index contributed by atoms with van der Waals surface area (Å²) in [6.45, 7) is 4.14. The van der Waals surface area contributed by atoms with Crippen LogP contribution in [0.3, 0.4) is 0 Å². The van der Waals surface area contributed by atoms with Crippen molar-refractivity contribution in [3.05, 3.63) is 72.2 Å². The highest BCUT2D eigenvalue weighted by Crippen LogP contribution is 2.31. The van der Waals surface area contributed by atoms with Crippen LogP contribution >= 0.6 is 0 Å². The largest absolute Gasteiger partial charge is 0.393 e. The van der Waals surface area contributed by atoms with Gasteiger partial charge in [0, 0.05) is 17.3 Å². The van der Waals surface area contributed by atoms with Gasteiger partial charge in [-0.05, 0) is 43.2 Å². The van der Waals surface area contributed by atoms with Crippen molar-refractivity contribution < 1.29 is 0 Å². The highest BCUT2D eigenvalue weighted by Gasteiger charge is 2.11. The Morgan fingerprint density at radius 3 is 2.26 bits per heavy atom. The first kappa shape index (κ1) is 16.8. The molecule has 2 aromatic heterocycles. The molecule has 134 valence electrons. The molecule has 4 N–H and O–H groups in total. The van der Waals surface area contributed by atoms with E-state index in [4.69, 9.17) is 5.73 Å². The van der Waals surface area contributed by atoms with E-state index in [-0.39, 0.29) is 0 Å². The number of nitrogens with zero attached hydrogens (tertiary/aromatic N) is 3. The van der Waals surface area contributed by atoms with E-state index < -0.39 is 0 Å². The molecule has 4 aromatic rings. The number of para-hydroxylation sites is 1. The molecule has 2 heterocycles. The SMILES string of the molecule is Cc1cccc(Nc2ncnc(Nc3cccc4cccnc34)c2N)c1C. The second-order valence-electron chi connectivity index (χ2n) is 6.36. The van der Waals surface area contributed by atoms with E-state index in [1.807, 2.05) is 42.5 Å². The van der Waals surface area contributed by atoms with Gasteiger partial charge in [0.1, 0.15) is 12.0 Å². The van der Waals surface area contributed by atoms with Crippen molar-refractivity contribution in [2.75, 3.05) is 16.4 Å². The molecule has 6 nitrogen and oxygen atoms in total. The predicted molar refractivity (Wildman–Crippen MR) is 111 cm³/mol. The van der Waals surface area contributed by atoms with Crippen LogP contribution in [0, 0.1) is 13.8 Å². The number of anilines is 5. The maximum atomic E-state index is 6.34. The van der Waals surface area contributed by atoms with E-state index in [0.29, 0.717) is 17.3 Å². The normalized spacial score (nSPS) is 10.7. The van der Waals surface area contributed by atoms with Gasteiger partial charge in [-0.2, -0.15) is 0 Å². The van der Waals surface area contributed by atoms with E-state index in [2.05, 4.69) is 45.5 Å². The number of aryl methyl sites for hydroxylation is 1. The van der Waals surface area contributed by atoms with Gasteiger partial charge in [0.15, 0.2) is 11.6 Å². The van der Waals surface area contributed by atoms with Crippen LogP contribution < -0.4 is 16.4 Å². The molecule has 0 aliphatic rings. The summed E-state index contributed by atoms with van der Waals surface area (Å²) in [5.41, 5.74) is 11.8. The average molecular weight is 356 g/mol. The lowest BCUT2D eigenvalue weighted by Gasteiger charge is -2.15. The number of hydrogen-bond donors (Lipinski definition) is 3. The molecule has 0 atom stereocenters. The first-order valence-corrected chi connectivity index (χ1v) is 8.68. The van der Waals surface area contributed by atoms with Crippen molar-refractivity contribution in [1.82, 2.24) is 15.0 Å². The lowest BCUT2D eigenvalue weighted by atomic mass is 10.1. The number of benzene rings is 2. The molecular weight excluding hydrogens is 336 g/mol. The Hall–Kier alpha value is -3.67. The van der Waals surface area contributed by atoms with Crippen molar-refractivity contribution in [1.29, 1.82) is 0 Å². The monoisotopic (exact) mass is 356 g/mol. The van der Waals surface area contributed by atoms with Crippen LogP contribution in [0.15, 0.2) is 61.1 Å². The van der Waals surface area contributed by atoms with Crippen LogP contribution in [0.1, 0.15) is 11.1 Å². The van der Waals surface area contributed by atoms with Crippen molar-refractivity contribution in [3.63, 3.8) is 0 Å². The Balaban J connectivity index is 1.69. The second kappa shape index (κ2) is 6.92. The fourth-order valence-electron chi connectivity index (χ4n) is 2.94. The maximum Gasteiger partial charge on any atom is 0.159 e. The number of nitrogens with two attached hydrogens (primary N) is 1. The molecule has 4 rings (SSSR count). The van der Waals surface area contributed by atoms with Gasteiger partial charge in [0.05, 0.1) is 11.2 Å². The molecule has 0 saturated carbocycles. The Kier molecular flexibility index (Phi) is 4.30. The number of nitrogen functional groups attached to an aromatic ring is 1. The molecule has 0 saturated heterocycles. The number of pyridine rings is 1. The highest BCUT2D eigenvalue weighted by atomic mass is 15.1. The van der Waals surface area contributed by atoms with E-state index in [0.717, 1.165) is 27.8 Å². The van der Waals surface area contributed by atoms with Crippen molar-refractivity contribution >= 4 is 39.6 Å². The van der Waals surface area contributed by atoms with Crippen LogP contribution in [-0.2, 0) is 0 Å². The minimum Gasteiger partial charge on any atom is -0.393 e. The van der Waals surface area contributed by atoms with E-state index in [1.165, 1.54) is 11.9 Å². The van der Waals surface area contributed by atoms with Crippen LogP contribution in [0.2, 0.25) is 0 Å². The van der Waals surface area contributed by atoms with Crippen LogP contribution in [-0.4, -0.2) is 15.0 Å². The number of hydrogen-bond acceptors (Lipinski definition) is 6. The summed E-state index contributed by atoms with van der Waals surface area (Å²) in [5, 5.41) is 7.65. The summed E-state index contributed by atoms with van der Waals surface area (Å²) in [6, 6.07) is 16.0. The molecule has 0 aliphatic carbocycles. The van der Waals surface area contributed by atoms with Gasteiger partial charge in [0.25, 0.3) is 0 Å². The zero-order valence-electron chi connectivity index (χ0n) is 15.2. The molecule has 0 amide bonds. The van der Waals surface area contributed by atoms with Crippen molar-refractivity contribution in [3.8, 4) is 0 Å². The third-order valence-corrected chi connectivity index (χ3v) is 4.63. The van der Waals surface area contributed by atoms with E-state index >= 15 is 0 Å². The number of fused-ring (bicyclic) bond motifs is 1. The molecule has 6 heteroatoms. The summed E-state index contributed by atoms with van der Waals surface area (Å²) < 4.78 is 0. The molecule has 0 bridgehead atoms. The zero-order chi connectivity index (χ0) is 18.8. The third-order valence-electron chi connectivity index (χ3n) is 4.63. The maximum absolute atomic E-state index is 6.34. The summed E-state index contributed by atoms with van der Waals surface area (Å²) in [6.07, 6.45) is 3.26. The fraction of sp³-hybridized carbons (Fsp3) is 0.0952. The van der Waals surface area contributed by atoms with Gasteiger partial charge in [-0.25, -0.2) is 9.97 Å². The molecule has 0 radical (unpaired) electrons. The standard InChI is InChI=1S/C21H20N6/c1-13-6-3-9-16(14(13)2)26-20-18(22)21(25-12-24-20)27-17-10-4-7-15-8-5-11-23-19(15)17/h3-12H,22H2,1-2H3,(H2,24,25,26,27). The molecular formula is C21H20N6. The predicted octanol–water partition coefficient (Wildman–Crippen LogP) is 4.71. The molecule has 2 aromatic carbocycles. The van der Waals surface area contributed by atoms with Gasteiger partial charge in [-0.1, -0.05) is 30.3 Å². The number of aromatic nitrogens is 3. The molecule has 0 unspecified atom stereocenters. The first-order chi connectivity index (χ1) is 13.1. The van der Waals surface area contributed by atoms with Gasteiger partial charge >= 0.3 is 0 Å². The minimum atomic E-state index is 0.450. The van der Waals surface area contributed by atoms with Gasteiger partial charge < -0.3 is 16.4 Å². The second-order valence-corrected chi connectivity index (χ2v) is 6.36. The van der Waals surface area contributed by atoms with Gasteiger partial charge in [0.2, 0.25) is 0 Å². The number of nitrogens with one attached hydrogen (secondary N) is 2. The third kappa shape index (κ3) is 3.25. The molecule has 27 heavy (non-hydrogen) atoms. The summed E-state index contributed by atoms with van der Waals surface area (Å²) >= 11 is 0. The first-order valence-electron chi connectivity index (χ1n) is 8.68. The molecule has 0 fully saturated rings. The van der Waals surface area contributed by atoms with Crippen molar-refractivity contribution in [2.24, 2.45) is 0 Å². The Labute approximate surface area is 157 Å². The quantitative estimate of drug-likeness (QED) is 0.491. The highest BCUT2D eigenvalue weighted by molar-refractivity contribution is 5.93. The Morgan fingerprint density at radius 1 is 0.778 bits per heavy atom. The van der Waals surface area contributed by atoms with Crippen LogP contribution in [0.25, 0.3) is 10.9 Å². The topological polar surface area (TPSA) is 88.8 Å².